The van der Waals surface area contributed by atoms with E-state index >= 15 is 0 Å². The molecule has 0 radical (unpaired) electrons. The number of carbonyl (C=O) groups is 1. The second-order valence-electron chi connectivity index (χ2n) is 9.50. The molecular formula is C30H25N5O3S. The predicted octanol–water partition coefficient (Wildman–Crippen LogP) is 5.24. The normalized spacial score (nSPS) is 11.8. The van der Waals surface area contributed by atoms with Crippen LogP contribution in [0.3, 0.4) is 0 Å². The standard InChI is InChI=1S/C30H25N5O3S/c1-19-7-11-21(12-8-19)29-24-5-3-4-6-25(24)30-33-26-16-13-22(17-27(26)35(30)34-29)32-28(36)18-31-39(37,38)23-14-9-20(2)10-15-23/h3-17,31H,18H2,1-2H3,(H,32,36). The van der Waals surface area contributed by atoms with Crippen LogP contribution in [0.25, 0.3) is 38.7 Å². The number of benzene rings is 4. The third kappa shape index (κ3) is 4.73. The summed E-state index contributed by atoms with van der Waals surface area (Å²) in [7, 11) is -3.81. The van der Waals surface area contributed by atoms with E-state index in [1.165, 1.54) is 17.7 Å². The van der Waals surface area contributed by atoms with Crippen molar-refractivity contribution >= 4 is 49.1 Å². The van der Waals surface area contributed by atoms with Crippen LogP contribution in [0, 0.1) is 13.8 Å². The first-order chi connectivity index (χ1) is 18.8. The number of amides is 1. The molecule has 2 aromatic heterocycles. The smallest absolute Gasteiger partial charge is 0.241 e. The summed E-state index contributed by atoms with van der Waals surface area (Å²) in [5.74, 6) is -0.488. The van der Waals surface area contributed by atoms with Crippen molar-refractivity contribution in [2.45, 2.75) is 18.7 Å². The van der Waals surface area contributed by atoms with Gasteiger partial charge in [-0.05, 0) is 44.2 Å². The quantitative estimate of drug-likeness (QED) is 0.304. The molecule has 0 saturated carbocycles. The molecule has 0 aliphatic heterocycles. The van der Waals surface area contributed by atoms with E-state index in [0.717, 1.165) is 38.6 Å². The molecule has 0 unspecified atom stereocenters. The topological polar surface area (TPSA) is 105 Å². The zero-order valence-corrected chi connectivity index (χ0v) is 22.2. The maximum Gasteiger partial charge on any atom is 0.241 e. The number of nitrogens with zero attached hydrogens (tertiary/aromatic N) is 3. The summed E-state index contributed by atoms with van der Waals surface area (Å²) in [6.45, 7) is 3.52. The molecule has 2 N–H and O–H groups in total. The van der Waals surface area contributed by atoms with Gasteiger partial charge >= 0.3 is 0 Å². The Kier molecular flexibility index (Phi) is 6.09. The lowest BCUT2D eigenvalue weighted by atomic mass is 10.0. The van der Waals surface area contributed by atoms with E-state index in [9.17, 15) is 13.2 Å². The highest BCUT2D eigenvalue weighted by molar-refractivity contribution is 7.89. The first-order valence-electron chi connectivity index (χ1n) is 12.4. The molecule has 9 heteroatoms. The number of rotatable bonds is 6. The lowest BCUT2D eigenvalue weighted by Crippen LogP contribution is -2.32. The molecule has 0 fully saturated rings. The van der Waals surface area contributed by atoms with E-state index in [4.69, 9.17) is 10.1 Å². The van der Waals surface area contributed by atoms with E-state index < -0.39 is 22.5 Å². The number of nitrogens with one attached hydrogen (secondary N) is 2. The molecule has 2 heterocycles. The molecule has 194 valence electrons. The summed E-state index contributed by atoms with van der Waals surface area (Å²) in [6.07, 6.45) is 0. The second-order valence-corrected chi connectivity index (χ2v) is 11.3. The summed E-state index contributed by atoms with van der Waals surface area (Å²) in [4.78, 5) is 17.6. The van der Waals surface area contributed by atoms with Crippen LogP contribution in [0.2, 0.25) is 0 Å². The summed E-state index contributed by atoms with van der Waals surface area (Å²) >= 11 is 0. The number of aryl methyl sites for hydroxylation is 2. The monoisotopic (exact) mass is 535 g/mol. The van der Waals surface area contributed by atoms with Crippen molar-refractivity contribution < 1.29 is 13.2 Å². The molecule has 39 heavy (non-hydrogen) atoms. The third-order valence-electron chi connectivity index (χ3n) is 6.62. The minimum atomic E-state index is -3.81. The van der Waals surface area contributed by atoms with E-state index in [-0.39, 0.29) is 4.90 Å². The van der Waals surface area contributed by atoms with Crippen LogP contribution >= 0.6 is 0 Å². The molecule has 0 bridgehead atoms. The van der Waals surface area contributed by atoms with Gasteiger partial charge in [0.2, 0.25) is 15.9 Å². The van der Waals surface area contributed by atoms with Crippen molar-refractivity contribution in [1.82, 2.24) is 19.3 Å². The van der Waals surface area contributed by atoms with Gasteiger partial charge < -0.3 is 5.32 Å². The number of hydrogen-bond donors (Lipinski definition) is 2. The van der Waals surface area contributed by atoms with Gasteiger partial charge in [0.25, 0.3) is 0 Å². The SMILES string of the molecule is Cc1ccc(-c2nn3c4cc(NC(=O)CNS(=O)(=O)c5ccc(C)cc5)ccc4nc3c3ccccc23)cc1. The average molecular weight is 536 g/mol. The minimum absolute atomic E-state index is 0.107. The van der Waals surface area contributed by atoms with Crippen LogP contribution in [-0.4, -0.2) is 35.5 Å². The largest absolute Gasteiger partial charge is 0.325 e. The maximum absolute atomic E-state index is 12.6. The Balaban J connectivity index is 1.33. The fraction of sp³-hybridized carbons (Fsp3) is 0.100. The number of carbonyl (C=O) groups excluding carboxylic acids is 1. The minimum Gasteiger partial charge on any atom is -0.325 e. The molecule has 0 aliphatic rings. The maximum atomic E-state index is 12.6. The Morgan fingerprint density at radius 2 is 1.51 bits per heavy atom. The van der Waals surface area contributed by atoms with Gasteiger partial charge in [-0.15, -0.1) is 0 Å². The van der Waals surface area contributed by atoms with Crippen molar-refractivity contribution in [3.05, 3.63) is 102 Å². The first-order valence-corrected chi connectivity index (χ1v) is 13.9. The molecular weight excluding hydrogens is 510 g/mol. The highest BCUT2D eigenvalue weighted by atomic mass is 32.2. The number of hydrogen-bond acceptors (Lipinski definition) is 5. The Labute approximate surface area is 225 Å². The van der Waals surface area contributed by atoms with Gasteiger partial charge in [-0.1, -0.05) is 71.8 Å². The van der Waals surface area contributed by atoms with Crippen LogP contribution < -0.4 is 10.0 Å². The summed E-state index contributed by atoms with van der Waals surface area (Å²) < 4.78 is 29.3. The van der Waals surface area contributed by atoms with Gasteiger partial charge in [0.05, 0.1) is 28.2 Å². The van der Waals surface area contributed by atoms with E-state index in [1.54, 1.807) is 28.8 Å². The molecule has 8 nitrogen and oxygen atoms in total. The molecule has 0 spiro atoms. The second kappa shape index (κ2) is 9.61. The van der Waals surface area contributed by atoms with Crippen molar-refractivity contribution in [3.8, 4) is 11.3 Å². The predicted molar refractivity (Wildman–Crippen MR) is 153 cm³/mol. The van der Waals surface area contributed by atoms with Gasteiger partial charge in [0, 0.05) is 22.0 Å². The molecule has 1 amide bonds. The fourth-order valence-electron chi connectivity index (χ4n) is 4.55. The van der Waals surface area contributed by atoms with E-state index in [2.05, 4.69) is 34.3 Å². The Morgan fingerprint density at radius 3 is 2.23 bits per heavy atom. The van der Waals surface area contributed by atoms with E-state index in [1.807, 2.05) is 44.2 Å². The van der Waals surface area contributed by atoms with E-state index in [0.29, 0.717) is 11.3 Å². The Hall–Kier alpha value is -4.60. The summed E-state index contributed by atoms with van der Waals surface area (Å²) in [6, 6.07) is 28.0. The number of fused-ring (bicyclic) bond motifs is 5. The molecule has 6 rings (SSSR count). The fourth-order valence-corrected chi connectivity index (χ4v) is 5.53. The average Bonchev–Trinajstić information content (AvgIpc) is 3.30. The summed E-state index contributed by atoms with van der Waals surface area (Å²) in [5, 5.41) is 9.71. The van der Waals surface area contributed by atoms with Crippen LogP contribution in [0.1, 0.15) is 11.1 Å². The Morgan fingerprint density at radius 1 is 0.846 bits per heavy atom. The van der Waals surface area contributed by atoms with Crippen LogP contribution in [0.15, 0.2) is 95.9 Å². The molecule has 0 saturated heterocycles. The number of aromatic nitrogens is 3. The zero-order chi connectivity index (χ0) is 27.1. The van der Waals surface area contributed by atoms with Crippen LogP contribution in [0.5, 0.6) is 0 Å². The van der Waals surface area contributed by atoms with Gasteiger partial charge in [-0.3, -0.25) is 4.79 Å². The zero-order valence-electron chi connectivity index (χ0n) is 21.3. The third-order valence-corrected chi connectivity index (χ3v) is 8.03. The highest BCUT2D eigenvalue weighted by Gasteiger charge is 2.17. The van der Waals surface area contributed by atoms with Gasteiger partial charge in [0.1, 0.15) is 0 Å². The van der Waals surface area contributed by atoms with Gasteiger partial charge in [-0.2, -0.15) is 5.10 Å². The van der Waals surface area contributed by atoms with Crippen molar-refractivity contribution in [3.63, 3.8) is 0 Å². The van der Waals surface area contributed by atoms with Crippen molar-refractivity contribution in [2.75, 3.05) is 11.9 Å². The van der Waals surface area contributed by atoms with Crippen LogP contribution in [0.4, 0.5) is 5.69 Å². The lowest BCUT2D eigenvalue weighted by Gasteiger charge is -2.09. The Bertz CT molecular complexity index is 1980. The molecule has 6 aromatic rings. The van der Waals surface area contributed by atoms with Crippen molar-refractivity contribution in [1.29, 1.82) is 0 Å². The highest BCUT2D eigenvalue weighted by Crippen LogP contribution is 2.31. The number of imidazole rings is 1. The number of sulfonamides is 1. The molecule has 0 atom stereocenters. The number of anilines is 1. The molecule has 0 aliphatic carbocycles. The lowest BCUT2D eigenvalue weighted by molar-refractivity contribution is -0.115. The molecule has 4 aromatic carbocycles. The van der Waals surface area contributed by atoms with Gasteiger partial charge in [-0.25, -0.2) is 22.6 Å². The van der Waals surface area contributed by atoms with Crippen molar-refractivity contribution in [2.24, 2.45) is 0 Å². The van der Waals surface area contributed by atoms with Gasteiger partial charge in [0.15, 0.2) is 5.65 Å². The summed E-state index contributed by atoms with van der Waals surface area (Å²) in [5.41, 5.74) is 6.61. The van der Waals surface area contributed by atoms with Crippen LogP contribution in [-0.2, 0) is 14.8 Å². The first kappa shape index (κ1) is 24.7.